The molecule has 2 atom stereocenters. The lowest BCUT2D eigenvalue weighted by Gasteiger charge is -2.48. The van der Waals surface area contributed by atoms with E-state index in [1.54, 1.807) is 0 Å². The van der Waals surface area contributed by atoms with Crippen LogP contribution in [0, 0.1) is 39.4 Å². The van der Waals surface area contributed by atoms with Crippen LogP contribution in [0.25, 0.3) is 0 Å². The van der Waals surface area contributed by atoms with E-state index in [2.05, 4.69) is 68.4 Å². The Balaban J connectivity index is 5.12. The second-order valence-electron chi connectivity index (χ2n) is 8.17. The van der Waals surface area contributed by atoms with Gasteiger partial charge in [-0.1, -0.05) is 68.7 Å². The maximum atomic E-state index is 9.44. The second kappa shape index (κ2) is 5.64. The molecule has 106 valence electrons. The summed E-state index contributed by atoms with van der Waals surface area (Å²) in [6.07, 6.45) is 2.17. The third kappa shape index (κ3) is 3.74. The summed E-state index contributed by atoms with van der Waals surface area (Å²) in [5, 5.41) is 9.44. The molecule has 0 aromatic carbocycles. The van der Waals surface area contributed by atoms with Gasteiger partial charge in [0.25, 0.3) is 0 Å². The van der Waals surface area contributed by atoms with Gasteiger partial charge in [0.2, 0.25) is 0 Å². The van der Waals surface area contributed by atoms with Gasteiger partial charge in [0, 0.05) is 0 Å². The Bertz CT molecular complexity index is 299. The van der Waals surface area contributed by atoms with Crippen molar-refractivity contribution in [2.45, 2.75) is 75.2 Å². The van der Waals surface area contributed by atoms with Crippen LogP contribution in [0.5, 0.6) is 0 Å². The van der Waals surface area contributed by atoms with E-state index < -0.39 is 0 Å². The van der Waals surface area contributed by atoms with Crippen LogP contribution in [0.3, 0.4) is 0 Å². The van der Waals surface area contributed by atoms with Crippen LogP contribution >= 0.6 is 0 Å². The van der Waals surface area contributed by atoms with Gasteiger partial charge in [-0.15, -0.1) is 0 Å². The lowest BCUT2D eigenvalue weighted by Crippen LogP contribution is -2.40. The van der Waals surface area contributed by atoms with E-state index >= 15 is 0 Å². The first-order valence-corrected chi connectivity index (χ1v) is 7.29. The van der Waals surface area contributed by atoms with Crippen LogP contribution in [0.1, 0.15) is 75.2 Å². The molecule has 2 unspecified atom stereocenters. The summed E-state index contributed by atoms with van der Waals surface area (Å²) in [5.74, 6) is 0.794. The van der Waals surface area contributed by atoms with Gasteiger partial charge in [-0.25, -0.2) is 0 Å². The van der Waals surface area contributed by atoms with E-state index in [-0.39, 0.29) is 22.2 Å². The van der Waals surface area contributed by atoms with Crippen LogP contribution in [0.15, 0.2) is 0 Å². The molecular weight excluding hydrogens is 218 g/mol. The van der Waals surface area contributed by atoms with E-state index in [9.17, 15) is 5.26 Å². The lowest BCUT2D eigenvalue weighted by atomic mass is 9.56. The molecule has 0 aliphatic heterocycles. The fraction of sp³-hybridized carbons (Fsp3) is 0.941. The van der Waals surface area contributed by atoms with Gasteiger partial charge >= 0.3 is 0 Å². The monoisotopic (exact) mass is 251 g/mol. The van der Waals surface area contributed by atoms with E-state index in [1.807, 2.05) is 0 Å². The molecule has 0 aliphatic rings. The van der Waals surface area contributed by atoms with E-state index in [4.69, 9.17) is 0 Å². The van der Waals surface area contributed by atoms with Crippen molar-refractivity contribution in [1.82, 2.24) is 0 Å². The highest BCUT2D eigenvalue weighted by atomic mass is 14.5. The van der Waals surface area contributed by atoms with Crippen molar-refractivity contribution < 1.29 is 0 Å². The van der Waals surface area contributed by atoms with E-state index in [0.29, 0.717) is 5.92 Å². The molecule has 0 amide bonds. The molecular formula is C17H33N. The zero-order valence-corrected chi connectivity index (χ0v) is 14.0. The molecule has 0 N–H and O–H groups in total. The number of hydrogen-bond acceptors (Lipinski definition) is 1. The first-order chi connectivity index (χ1) is 7.90. The zero-order chi connectivity index (χ0) is 14.8. The summed E-state index contributed by atoms with van der Waals surface area (Å²) in [5.41, 5.74) is 0.496. The second-order valence-corrected chi connectivity index (χ2v) is 8.17. The SMILES string of the molecule is CCC(C)C(C)(C)C(C)(C)CC(C#N)C(C)(C)C. The summed E-state index contributed by atoms with van der Waals surface area (Å²) < 4.78 is 0. The van der Waals surface area contributed by atoms with Gasteiger partial charge in [0.1, 0.15) is 0 Å². The first-order valence-electron chi connectivity index (χ1n) is 7.29. The Morgan fingerprint density at radius 1 is 1.00 bits per heavy atom. The largest absolute Gasteiger partial charge is 0.198 e. The molecule has 18 heavy (non-hydrogen) atoms. The zero-order valence-electron chi connectivity index (χ0n) is 14.0. The van der Waals surface area contributed by atoms with Crippen molar-refractivity contribution in [2.75, 3.05) is 0 Å². The molecule has 0 radical (unpaired) electrons. The number of hydrogen-bond donors (Lipinski definition) is 0. The Morgan fingerprint density at radius 3 is 1.72 bits per heavy atom. The van der Waals surface area contributed by atoms with Gasteiger partial charge in [0.15, 0.2) is 0 Å². The lowest BCUT2D eigenvalue weighted by molar-refractivity contribution is 0.0161. The molecule has 0 fully saturated rings. The van der Waals surface area contributed by atoms with Gasteiger partial charge in [-0.2, -0.15) is 5.26 Å². The van der Waals surface area contributed by atoms with Crippen LogP contribution in [0.4, 0.5) is 0 Å². The first kappa shape index (κ1) is 17.5. The molecule has 0 spiro atoms. The molecule has 0 aromatic rings. The molecule has 0 rings (SSSR count). The summed E-state index contributed by atoms with van der Waals surface area (Å²) in [7, 11) is 0. The van der Waals surface area contributed by atoms with Crippen LogP contribution in [-0.2, 0) is 0 Å². The maximum Gasteiger partial charge on any atom is 0.0661 e. The number of nitriles is 1. The number of nitrogens with zero attached hydrogens (tertiary/aromatic N) is 1. The Labute approximate surface area is 115 Å². The summed E-state index contributed by atoms with van der Waals surface area (Å²) in [6, 6.07) is 2.53. The minimum Gasteiger partial charge on any atom is -0.198 e. The standard InChI is InChI=1S/C17H33N/c1-10-13(2)17(8,9)16(6,7)11-14(12-18)15(3,4)5/h13-14H,10-11H2,1-9H3. The predicted octanol–water partition coefficient (Wildman–Crippen LogP) is 5.66. The van der Waals surface area contributed by atoms with Crippen molar-refractivity contribution in [3.8, 4) is 6.07 Å². The predicted molar refractivity (Wildman–Crippen MR) is 80.2 cm³/mol. The van der Waals surface area contributed by atoms with Crippen molar-refractivity contribution in [2.24, 2.45) is 28.1 Å². The molecule has 0 heterocycles. The highest BCUT2D eigenvalue weighted by Gasteiger charge is 2.43. The van der Waals surface area contributed by atoms with Gasteiger partial charge in [-0.05, 0) is 28.6 Å². The third-order valence-electron chi connectivity index (χ3n) is 5.50. The highest BCUT2D eigenvalue weighted by molar-refractivity contribution is 4.99. The summed E-state index contributed by atoms with van der Waals surface area (Å²) in [4.78, 5) is 0. The molecule has 0 aromatic heterocycles. The van der Waals surface area contributed by atoms with Crippen LogP contribution in [0.2, 0.25) is 0 Å². The molecule has 0 bridgehead atoms. The van der Waals surface area contributed by atoms with E-state index in [1.165, 1.54) is 6.42 Å². The number of rotatable bonds is 5. The molecule has 0 aliphatic carbocycles. The smallest absolute Gasteiger partial charge is 0.0661 e. The fourth-order valence-electron chi connectivity index (χ4n) is 2.50. The Morgan fingerprint density at radius 2 is 1.44 bits per heavy atom. The minimum absolute atomic E-state index is 0.0670. The van der Waals surface area contributed by atoms with Crippen molar-refractivity contribution >= 4 is 0 Å². The fourth-order valence-corrected chi connectivity index (χ4v) is 2.50. The van der Waals surface area contributed by atoms with Crippen LogP contribution < -0.4 is 0 Å². The Kier molecular flexibility index (Phi) is 5.48. The maximum absolute atomic E-state index is 9.44. The molecule has 1 heteroatoms. The molecule has 0 saturated heterocycles. The van der Waals surface area contributed by atoms with Gasteiger partial charge in [0.05, 0.1) is 12.0 Å². The quantitative estimate of drug-likeness (QED) is 0.618. The summed E-state index contributed by atoms with van der Waals surface area (Å²) >= 11 is 0. The minimum atomic E-state index is 0.0670. The third-order valence-corrected chi connectivity index (χ3v) is 5.50. The average molecular weight is 251 g/mol. The Hall–Kier alpha value is -0.510. The van der Waals surface area contributed by atoms with Crippen LogP contribution in [-0.4, -0.2) is 0 Å². The topological polar surface area (TPSA) is 23.8 Å². The van der Waals surface area contributed by atoms with Crippen molar-refractivity contribution in [1.29, 1.82) is 5.26 Å². The van der Waals surface area contributed by atoms with Gasteiger partial charge < -0.3 is 0 Å². The van der Waals surface area contributed by atoms with Gasteiger partial charge in [-0.3, -0.25) is 0 Å². The van der Waals surface area contributed by atoms with E-state index in [0.717, 1.165) is 6.42 Å². The molecule has 1 nitrogen and oxygen atoms in total. The van der Waals surface area contributed by atoms with Crippen molar-refractivity contribution in [3.63, 3.8) is 0 Å². The van der Waals surface area contributed by atoms with Crippen molar-refractivity contribution in [3.05, 3.63) is 0 Å². The normalized spacial score (nSPS) is 17.1. The average Bonchev–Trinajstić information content (AvgIpc) is 2.22. The highest BCUT2D eigenvalue weighted by Crippen LogP contribution is 2.50. The summed E-state index contributed by atoms with van der Waals surface area (Å²) in [6.45, 7) is 20.5. The molecule has 0 saturated carbocycles.